The highest BCUT2D eigenvalue weighted by Gasteiger charge is 2.24. The zero-order valence-corrected chi connectivity index (χ0v) is 10.7. The van der Waals surface area contributed by atoms with Gasteiger partial charge in [0, 0.05) is 7.05 Å². The maximum Gasteiger partial charge on any atom is 0.142 e. The molecule has 1 rings (SSSR count). The summed E-state index contributed by atoms with van der Waals surface area (Å²) in [5.41, 5.74) is 1.87. The summed E-state index contributed by atoms with van der Waals surface area (Å²) in [6.07, 6.45) is 0. The molecule has 90 valence electrons. The van der Waals surface area contributed by atoms with Crippen molar-refractivity contribution in [1.82, 2.24) is 0 Å². The van der Waals surface area contributed by atoms with E-state index < -0.39 is 0 Å². The first-order chi connectivity index (χ1) is 7.42. The maximum atomic E-state index is 9.38. The Morgan fingerprint density at radius 3 is 2.50 bits per heavy atom. The number of rotatable bonds is 4. The molecule has 1 N–H and O–H groups in total. The van der Waals surface area contributed by atoms with Crippen LogP contribution in [-0.2, 0) is 0 Å². The van der Waals surface area contributed by atoms with Crippen molar-refractivity contribution in [2.75, 3.05) is 25.7 Å². The van der Waals surface area contributed by atoms with E-state index in [-0.39, 0.29) is 12.1 Å². The summed E-state index contributed by atoms with van der Waals surface area (Å²) in [6, 6.07) is 6.03. The first-order valence-electron chi connectivity index (χ1n) is 5.41. The summed E-state index contributed by atoms with van der Waals surface area (Å²) in [5, 5.41) is 9.38. The van der Waals surface area contributed by atoms with Gasteiger partial charge in [-0.25, -0.2) is 0 Å². The highest BCUT2D eigenvalue weighted by molar-refractivity contribution is 5.61. The molecule has 1 aromatic rings. The Hall–Kier alpha value is -1.22. The predicted octanol–water partition coefficient (Wildman–Crippen LogP) is 2.21. The fourth-order valence-electron chi connectivity index (χ4n) is 1.49. The van der Waals surface area contributed by atoms with Gasteiger partial charge in [0.05, 0.1) is 24.9 Å². The number of ether oxygens (including phenoxy) is 1. The van der Waals surface area contributed by atoms with Gasteiger partial charge in [-0.2, -0.15) is 0 Å². The van der Waals surface area contributed by atoms with E-state index in [9.17, 15) is 5.11 Å². The number of nitrogens with zero attached hydrogens (tertiary/aromatic N) is 1. The Bertz CT molecular complexity index is 361. The molecule has 3 heteroatoms. The van der Waals surface area contributed by atoms with Crippen LogP contribution in [0.25, 0.3) is 0 Å². The third kappa shape index (κ3) is 2.47. The molecule has 0 aromatic heterocycles. The molecule has 3 nitrogen and oxygen atoms in total. The van der Waals surface area contributed by atoms with Gasteiger partial charge < -0.3 is 14.7 Å². The van der Waals surface area contributed by atoms with Crippen molar-refractivity contribution in [3.8, 4) is 5.75 Å². The van der Waals surface area contributed by atoms with E-state index in [1.165, 1.54) is 5.56 Å². The Kier molecular flexibility index (Phi) is 3.81. The quantitative estimate of drug-likeness (QED) is 0.849. The number of hydrogen-bond acceptors (Lipinski definition) is 3. The second kappa shape index (κ2) is 4.74. The fraction of sp³-hybridized carbons (Fsp3) is 0.538. The molecule has 0 aliphatic carbocycles. The van der Waals surface area contributed by atoms with Gasteiger partial charge >= 0.3 is 0 Å². The third-order valence-electron chi connectivity index (χ3n) is 2.99. The van der Waals surface area contributed by atoms with Crippen molar-refractivity contribution in [3.63, 3.8) is 0 Å². The second-order valence-corrected chi connectivity index (χ2v) is 4.70. The van der Waals surface area contributed by atoms with Crippen LogP contribution in [0.5, 0.6) is 5.75 Å². The van der Waals surface area contributed by atoms with Crippen molar-refractivity contribution in [2.45, 2.75) is 26.3 Å². The molecule has 0 aliphatic heterocycles. The lowest BCUT2D eigenvalue weighted by molar-refractivity contribution is 0.215. The first-order valence-corrected chi connectivity index (χ1v) is 5.41. The largest absolute Gasteiger partial charge is 0.495 e. The number of benzene rings is 1. The molecule has 0 saturated carbocycles. The number of anilines is 1. The molecule has 0 atom stereocenters. The monoisotopic (exact) mass is 223 g/mol. The second-order valence-electron chi connectivity index (χ2n) is 4.70. The average Bonchev–Trinajstić information content (AvgIpc) is 2.28. The van der Waals surface area contributed by atoms with E-state index in [1.807, 2.05) is 44.9 Å². The smallest absolute Gasteiger partial charge is 0.142 e. The Morgan fingerprint density at radius 2 is 2.00 bits per heavy atom. The average molecular weight is 223 g/mol. The van der Waals surface area contributed by atoms with Gasteiger partial charge in [0.1, 0.15) is 5.75 Å². The van der Waals surface area contributed by atoms with Crippen molar-refractivity contribution in [3.05, 3.63) is 23.8 Å². The molecule has 16 heavy (non-hydrogen) atoms. The van der Waals surface area contributed by atoms with Crippen LogP contribution in [0.15, 0.2) is 18.2 Å². The van der Waals surface area contributed by atoms with Crippen LogP contribution >= 0.6 is 0 Å². The van der Waals surface area contributed by atoms with Crippen LogP contribution in [0.4, 0.5) is 5.69 Å². The van der Waals surface area contributed by atoms with Crippen LogP contribution in [-0.4, -0.2) is 31.4 Å². The molecule has 0 aliphatic rings. The van der Waals surface area contributed by atoms with Crippen LogP contribution in [0, 0.1) is 6.92 Å². The summed E-state index contributed by atoms with van der Waals surface area (Å²) in [5.74, 6) is 0.828. The van der Waals surface area contributed by atoms with Crippen molar-refractivity contribution >= 4 is 5.69 Å². The van der Waals surface area contributed by atoms with Crippen LogP contribution in [0.2, 0.25) is 0 Å². The molecule has 1 aromatic carbocycles. The van der Waals surface area contributed by atoms with E-state index in [4.69, 9.17) is 4.74 Å². The number of hydrogen-bond donors (Lipinski definition) is 1. The fourth-order valence-corrected chi connectivity index (χ4v) is 1.49. The van der Waals surface area contributed by atoms with Crippen LogP contribution in [0.1, 0.15) is 19.4 Å². The Morgan fingerprint density at radius 1 is 1.38 bits per heavy atom. The zero-order chi connectivity index (χ0) is 12.3. The van der Waals surface area contributed by atoms with E-state index in [2.05, 4.69) is 6.07 Å². The molecule has 0 unspecified atom stereocenters. The van der Waals surface area contributed by atoms with Gasteiger partial charge in [-0.15, -0.1) is 0 Å². The molecular weight excluding hydrogens is 202 g/mol. The normalized spacial score (nSPS) is 11.4. The van der Waals surface area contributed by atoms with Crippen molar-refractivity contribution < 1.29 is 9.84 Å². The van der Waals surface area contributed by atoms with E-state index in [0.717, 1.165) is 11.4 Å². The first kappa shape index (κ1) is 12.8. The highest BCUT2D eigenvalue weighted by atomic mass is 16.5. The van der Waals surface area contributed by atoms with Gasteiger partial charge in [-0.05, 0) is 38.5 Å². The number of aliphatic hydroxyl groups excluding tert-OH is 1. The summed E-state index contributed by atoms with van der Waals surface area (Å²) in [4.78, 5) is 2.04. The summed E-state index contributed by atoms with van der Waals surface area (Å²) >= 11 is 0. The maximum absolute atomic E-state index is 9.38. The number of aliphatic hydroxyl groups is 1. The number of methoxy groups -OCH3 is 1. The van der Waals surface area contributed by atoms with Crippen molar-refractivity contribution in [2.24, 2.45) is 0 Å². The van der Waals surface area contributed by atoms with E-state index in [0.29, 0.717) is 0 Å². The Balaban J connectivity index is 3.16. The summed E-state index contributed by atoms with van der Waals surface area (Å²) < 4.78 is 5.34. The lowest BCUT2D eigenvalue weighted by Gasteiger charge is -2.36. The van der Waals surface area contributed by atoms with Gasteiger partial charge in [-0.3, -0.25) is 0 Å². The highest BCUT2D eigenvalue weighted by Crippen LogP contribution is 2.32. The summed E-state index contributed by atoms with van der Waals surface area (Å²) in [7, 11) is 3.63. The molecule has 0 heterocycles. The summed E-state index contributed by atoms with van der Waals surface area (Å²) in [6.45, 7) is 6.13. The van der Waals surface area contributed by atoms with Gasteiger partial charge in [-0.1, -0.05) is 6.07 Å². The molecule has 0 saturated heterocycles. The molecule has 0 radical (unpaired) electrons. The minimum Gasteiger partial charge on any atom is -0.495 e. The minimum atomic E-state index is -0.304. The number of likely N-dealkylation sites (N-methyl/N-ethyl adjacent to an activating group) is 1. The van der Waals surface area contributed by atoms with Crippen LogP contribution < -0.4 is 9.64 Å². The number of aryl methyl sites for hydroxylation is 1. The molecule has 0 amide bonds. The van der Waals surface area contributed by atoms with E-state index >= 15 is 0 Å². The zero-order valence-electron chi connectivity index (χ0n) is 10.7. The molecule has 0 spiro atoms. The molecule has 0 bridgehead atoms. The minimum absolute atomic E-state index is 0.0978. The molecular formula is C13H21NO2. The van der Waals surface area contributed by atoms with Gasteiger partial charge in [0.25, 0.3) is 0 Å². The Labute approximate surface area is 97.7 Å². The topological polar surface area (TPSA) is 32.7 Å². The lowest BCUT2D eigenvalue weighted by atomic mass is 10.0. The van der Waals surface area contributed by atoms with Crippen LogP contribution in [0.3, 0.4) is 0 Å². The third-order valence-corrected chi connectivity index (χ3v) is 2.99. The SMILES string of the molecule is COc1ccc(C)cc1N(C)C(C)(C)CO. The standard InChI is InChI=1S/C13H21NO2/c1-10-6-7-12(16-5)11(8-10)14(4)13(2,3)9-15/h6-8,15H,9H2,1-5H3. The predicted molar refractivity (Wildman–Crippen MR) is 67.3 cm³/mol. The van der Waals surface area contributed by atoms with Crippen molar-refractivity contribution in [1.29, 1.82) is 0 Å². The van der Waals surface area contributed by atoms with E-state index in [1.54, 1.807) is 7.11 Å². The molecule has 0 fully saturated rings. The van der Waals surface area contributed by atoms with Gasteiger partial charge in [0.2, 0.25) is 0 Å². The lowest BCUT2D eigenvalue weighted by Crippen LogP contribution is -2.44. The van der Waals surface area contributed by atoms with Gasteiger partial charge in [0.15, 0.2) is 0 Å².